The van der Waals surface area contributed by atoms with E-state index in [4.69, 9.17) is 4.74 Å². The molecule has 2 aliphatic rings. The van der Waals surface area contributed by atoms with Crippen LogP contribution in [0.4, 0.5) is 8.78 Å². The zero-order valence-electron chi connectivity index (χ0n) is 20.4. The number of imide groups is 1. The highest BCUT2D eigenvalue weighted by Gasteiger charge is 2.41. The molecule has 3 amide bonds. The predicted molar refractivity (Wildman–Crippen MR) is 127 cm³/mol. The number of hydrogen-bond donors (Lipinski definition) is 1. The van der Waals surface area contributed by atoms with Gasteiger partial charge in [-0.1, -0.05) is 12.1 Å². The van der Waals surface area contributed by atoms with E-state index in [0.717, 1.165) is 0 Å². The summed E-state index contributed by atoms with van der Waals surface area (Å²) in [5, 5.41) is 2.25. The lowest BCUT2D eigenvalue weighted by molar-refractivity contribution is -0.144. The van der Waals surface area contributed by atoms with E-state index in [1.54, 1.807) is 25.1 Å². The SMILES string of the molecule is Cc1cc(C(F)(F)C(=O)CCc2ccc3c(c2)CN(C2CCC(=O)NC2=O)C3=O)ccc1OC(C)C. The summed E-state index contributed by atoms with van der Waals surface area (Å²) in [5.74, 6) is -5.51. The smallest absolute Gasteiger partial charge is 0.330 e. The van der Waals surface area contributed by atoms with Gasteiger partial charge in [-0.05, 0) is 74.6 Å². The van der Waals surface area contributed by atoms with Crippen LogP contribution in [0.15, 0.2) is 36.4 Å². The third-order valence-corrected chi connectivity index (χ3v) is 6.48. The number of carbonyl (C=O) groups is 4. The van der Waals surface area contributed by atoms with Crippen LogP contribution in [-0.2, 0) is 33.3 Å². The highest BCUT2D eigenvalue weighted by molar-refractivity contribution is 6.05. The molecule has 0 aliphatic carbocycles. The monoisotopic (exact) mass is 498 g/mol. The zero-order valence-corrected chi connectivity index (χ0v) is 20.4. The summed E-state index contributed by atoms with van der Waals surface area (Å²) in [6.45, 7) is 5.52. The molecule has 7 nitrogen and oxygen atoms in total. The van der Waals surface area contributed by atoms with Gasteiger partial charge in [-0.3, -0.25) is 24.5 Å². The fraction of sp³-hybridized carbons (Fsp3) is 0.407. The molecule has 0 spiro atoms. The average molecular weight is 499 g/mol. The van der Waals surface area contributed by atoms with Gasteiger partial charge in [-0.15, -0.1) is 0 Å². The van der Waals surface area contributed by atoms with Crippen LogP contribution in [0.3, 0.4) is 0 Å². The summed E-state index contributed by atoms with van der Waals surface area (Å²) >= 11 is 0. The van der Waals surface area contributed by atoms with Gasteiger partial charge in [0.1, 0.15) is 11.8 Å². The van der Waals surface area contributed by atoms with E-state index in [0.29, 0.717) is 28.0 Å². The molecule has 1 fully saturated rings. The normalized spacial score (nSPS) is 17.9. The Kier molecular flexibility index (Phi) is 6.93. The molecule has 0 bridgehead atoms. The number of piperidine rings is 1. The molecule has 2 aromatic rings. The largest absolute Gasteiger partial charge is 0.491 e. The van der Waals surface area contributed by atoms with Crippen LogP contribution in [0.2, 0.25) is 0 Å². The minimum atomic E-state index is -3.64. The third-order valence-electron chi connectivity index (χ3n) is 6.48. The summed E-state index contributed by atoms with van der Waals surface area (Å²) in [4.78, 5) is 50.3. The second-order valence-corrected chi connectivity index (χ2v) is 9.54. The number of ketones is 1. The molecule has 1 unspecified atom stereocenters. The maximum Gasteiger partial charge on any atom is 0.330 e. The van der Waals surface area contributed by atoms with Crippen LogP contribution in [0.1, 0.15) is 65.7 Å². The minimum Gasteiger partial charge on any atom is -0.491 e. The Hall–Kier alpha value is -3.62. The summed E-state index contributed by atoms with van der Waals surface area (Å²) in [6.07, 6.45) is 0.0213. The van der Waals surface area contributed by atoms with Crippen LogP contribution in [0.5, 0.6) is 5.75 Å². The van der Waals surface area contributed by atoms with Crippen molar-refractivity contribution in [3.63, 3.8) is 0 Å². The number of aryl methyl sites for hydroxylation is 2. The Balaban J connectivity index is 1.42. The lowest BCUT2D eigenvalue weighted by atomic mass is 9.96. The van der Waals surface area contributed by atoms with E-state index < -0.39 is 23.7 Å². The van der Waals surface area contributed by atoms with Crippen LogP contribution >= 0.6 is 0 Å². The number of benzene rings is 2. The predicted octanol–water partition coefficient (Wildman–Crippen LogP) is 3.84. The summed E-state index contributed by atoms with van der Waals surface area (Å²) in [7, 11) is 0. The Morgan fingerprint density at radius 2 is 1.92 bits per heavy atom. The van der Waals surface area contributed by atoms with Gasteiger partial charge in [0.25, 0.3) is 5.91 Å². The molecular formula is C27H28F2N2O5. The van der Waals surface area contributed by atoms with Crippen LogP contribution in [-0.4, -0.2) is 40.6 Å². The number of halogens is 2. The number of alkyl halides is 2. The molecule has 0 saturated carbocycles. The number of rotatable bonds is 8. The van der Waals surface area contributed by atoms with Gasteiger partial charge in [0.15, 0.2) is 0 Å². The number of hydrogen-bond acceptors (Lipinski definition) is 5. The van der Waals surface area contributed by atoms with E-state index in [-0.39, 0.29) is 55.7 Å². The number of ether oxygens (including phenoxy) is 1. The van der Waals surface area contributed by atoms with Crippen molar-refractivity contribution in [1.82, 2.24) is 10.2 Å². The fourth-order valence-electron chi connectivity index (χ4n) is 4.59. The summed E-state index contributed by atoms with van der Waals surface area (Å²) in [5.41, 5.74) is 1.89. The van der Waals surface area contributed by atoms with Gasteiger partial charge in [0, 0.05) is 30.5 Å². The van der Waals surface area contributed by atoms with Gasteiger partial charge < -0.3 is 9.64 Å². The first-order valence-corrected chi connectivity index (χ1v) is 11.9. The van der Waals surface area contributed by atoms with Gasteiger partial charge in [-0.25, -0.2) is 0 Å². The van der Waals surface area contributed by atoms with Crippen LogP contribution in [0.25, 0.3) is 0 Å². The molecule has 1 saturated heterocycles. The van der Waals surface area contributed by atoms with Crippen molar-refractivity contribution >= 4 is 23.5 Å². The number of amides is 3. The van der Waals surface area contributed by atoms with Crippen molar-refractivity contribution in [2.75, 3.05) is 0 Å². The Morgan fingerprint density at radius 1 is 1.17 bits per heavy atom. The van der Waals surface area contributed by atoms with Gasteiger partial charge in [0.2, 0.25) is 17.6 Å². The van der Waals surface area contributed by atoms with E-state index in [1.165, 1.54) is 23.1 Å². The molecule has 2 aromatic carbocycles. The van der Waals surface area contributed by atoms with Crippen LogP contribution < -0.4 is 10.1 Å². The lowest BCUT2D eigenvalue weighted by Crippen LogP contribution is -2.52. The van der Waals surface area contributed by atoms with Gasteiger partial charge in [-0.2, -0.15) is 8.78 Å². The highest BCUT2D eigenvalue weighted by atomic mass is 19.3. The molecule has 2 heterocycles. The first-order chi connectivity index (χ1) is 17.0. The molecule has 190 valence electrons. The quantitative estimate of drug-likeness (QED) is 0.559. The molecule has 2 aliphatic heterocycles. The highest BCUT2D eigenvalue weighted by Crippen LogP contribution is 2.34. The molecule has 1 atom stereocenters. The van der Waals surface area contributed by atoms with Crippen LogP contribution in [0, 0.1) is 6.92 Å². The first-order valence-electron chi connectivity index (χ1n) is 11.9. The molecule has 9 heteroatoms. The van der Waals surface area contributed by atoms with Gasteiger partial charge >= 0.3 is 5.92 Å². The molecule has 36 heavy (non-hydrogen) atoms. The summed E-state index contributed by atoms with van der Waals surface area (Å²) < 4.78 is 35.4. The number of nitrogens with one attached hydrogen (secondary N) is 1. The second kappa shape index (κ2) is 9.79. The maximum atomic E-state index is 14.9. The Morgan fingerprint density at radius 3 is 2.58 bits per heavy atom. The topological polar surface area (TPSA) is 92.8 Å². The van der Waals surface area contributed by atoms with Gasteiger partial charge in [0.05, 0.1) is 6.10 Å². The minimum absolute atomic E-state index is 0.0852. The molecule has 0 radical (unpaired) electrons. The van der Waals surface area contributed by atoms with Crippen molar-refractivity contribution in [3.8, 4) is 5.75 Å². The molecule has 1 N–H and O–H groups in total. The number of carbonyl (C=O) groups excluding carboxylic acids is 4. The Bertz CT molecular complexity index is 1240. The lowest BCUT2D eigenvalue weighted by Gasteiger charge is -2.29. The molecule has 0 aromatic heterocycles. The average Bonchev–Trinajstić information content (AvgIpc) is 3.13. The van der Waals surface area contributed by atoms with Crippen molar-refractivity contribution in [2.45, 2.75) is 71.1 Å². The number of Topliss-reactive ketones (excluding diaryl/α,β-unsaturated/α-hetero) is 1. The van der Waals surface area contributed by atoms with Crippen molar-refractivity contribution < 1.29 is 32.7 Å². The number of nitrogens with zero attached hydrogens (tertiary/aromatic N) is 1. The third kappa shape index (κ3) is 5.01. The fourth-order valence-corrected chi connectivity index (χ4v) is 4.59. The van der Waals surface area contributed by atoms with E-state index >= 15 is 0 Å². The number of fused-ring (bicyclic) bond motifs is 1. The second-order valence-electron chi connectivity index (χ2n) is 9.54. The van der Waals surface area contributed by atoms with Crippen molar-refractivity contribution in [3.05, 3.63) is 64.2 Å². The Labute approximate surface area is 207 Å². The zero-order chi connectivity index (χ0) is 26.2. The maximum absolute atomic E-state index is 14.9. The summed E-state index contributed by atoms with van der Waals surface area (Å²) in [6, 6.07) is 8.17. The molecular weight excluding hydrogens is 470 g/mol. The van der Waals surface area contributed by atoms with E-state index in [9.17, 15) is 28.0 Å². The van der Waals surface area contributed by atoms with Crippen molar-refractivity contribution in [2.24, 2.45) is 0 Å². The molecule has 4 rings (SSSR count). The first kappa shape index (κ1) is 25.5. The standard InChI is InChI=1S/C27H28F2N2O5/c1-15(2)36-22-9-6-19(12-16(22)3)27(28,29)23(32)10-5-17-4-7-20-18(13-17)14-31(26(20)35)21-8-11-24(33)30-25(21)34/h4,6-7,9,12-13,15,21H,5,8,10-11,14H2,1-3H3,(H,30,33,34). The van der Waals surface area contributed by atoms with Crippen molar-refractivity contribution in [1.29, 1.82) is 0 Å². The van der Waals surface area contributed by atoms with E-state index in [1.807, 2.05) is 13.8 Å². The van der Waals surface area contributed by atoms with E-state index in [2.05, 4.69) is 5.32 Å².